The molecular weight excluding hydrogens is 336 g/mol. The summed E-state index contributed by atoms with van der Waals surface area (Å²) in [6, 6.07) is 14.6. The zero-order chi connectivity index (χ0) is 18.5. The summed E-state index contributed by atoms with van der Waals surface area (Å²) in [7, 11) is 0. The molecule has 0 spiro atoms. The number of rotatable bonds is 5. The number of aromatic nitrogens is 1. The Balaban J connectivity index is 1.62. The molecule has 0 fully saturated rings. The maximum Gasteiger partial charge on any atom is 0.225 e. The fraction of sp³-hybridized carbons (Fsp3) is 0.150. The van der Waals surface area contributed by atoms with Gasteiger partial charge >= 0.3 is 0 Å². The van der Waals surface area contributed by atoms with E-state index in [-0.39, 0.29) is 12.3 Å². The number of halogens is 2. The van der Waals surface area contributed by atoms with Crippen LogP contribution in [0.2, 0.25) is 0 Å². The monoisotopic (exact) mass is 351 g/mol. The molecule has 0 radical (unpaired) electrons. The predicted octanol–water partition coefficient (Wildman–Crippen LogP) is 4.35. The number of nitrogens with zero attached hydrogens (tertiary/aromatic N) is 2. The lowest BCUT2D eigenvalue weighted by Gasteiger charge is -2.07. The van der Waals surface area contributed by atoms with Gasteiger partial charge in [-0.15, -0.1) is 0 Å². The van der Waals surface area contributed by atoms with E-state index in [4.69, 9.17) is 0 Å². The highest BCUT2D eigenvalue weighted by atomic mass is 19.2. The average Bonchev–Trinajstić information content (AvgIpc) is 2.64. The van der Waals surface area contributed by atoms with Crippen LogP contribution in [0.5, 0.6) is 0 Å². The van der Waals surface area contributed by atoms with Gasteiger partial charge in [0.25, 0.3) is 0 Å². The molecule has 1 aromatic heterocycles. The van der Waals surface area contributed by atoms with E-state index < -0.39 is 11.6 Å². The summed E-state index contributed by atoms with van der Waals surface area (Å²) in [6.07, 6.45) is 1.14. The van der Waals surface area contributed by atoms with E-state index in [1.165, 1.54) is 12.1 Å². The summed E-state index contributed by atoms with van der Waals surface area (Å²) < 4.78 is 26.1. The van der Waals surface area contributed by atoms with Crippen LogP contribution in [-0.2, 0) is 11.2 Å². The molecule has 2 aromatic carbocycles. The summed E-state index contributed by atoms with van der Waals surface area (Å²) in [5.74, 6) is -1.71. The van der Waals surface area contributed by atoms with Crippen LogP contribution >= 0.6 is 0 Å². The van der Waals surface area contributed by atoms with E-state index in [1.807, 2.05) is 12.1 Å². The highest BCUT2D eigenvalue weighted by molar-refractivity contribution is 5.93. The van der Waals surface area contributed by atoms with Gasteiger partial charge in [-0.3, -0.25) is 4.79 Å². The Morgan fingerprint density at radius 2 is 1.92 bits per heavy atom. The van der Waals surface area contributed by atoms with E-state index in [2.05, 4.69) is 16.4 Å². The Kier molecular flexibility index (Phi) is 5.18. The Hall–Kier alpha value is -3.33. The lowest BCUT2D eigenvalue weighted by Crippen LogP contribution is -2.13. The number of pyridine rings is 1. The molecule has 0 saturated heterocycles. The molecule has 26 heavy (non-hydrogen) atoms. The summed E-state index contributed by atoms with van der Waals surface area (Å²) >= 11 is 0. The second kappa shape index (κ2) is 7.70. The Morgan fingerprint density at radius 3 is 2.69 bits per heavy atom. The molecule has 0 atom stereocenters. The lowest BCUT2D eigenvalue weighted by atomic mass is 10.1. The van der Waals surface area contributed by atoms with Gasteiger partial charge in [0, 0.05) is 11.8 Å². The predicted molar refractivity (Wildman–Crippen MR) is 94.4 cm³/mol. The van der Waals surface area contributed by atoms with Crippen LogP contribution in [0.4, 0.5) is 14.6 Å². The molecule has 4 nitrogen and oxygen atoms in total. The van der Waals surface area contributed by atoms with Gasteiger partial charge in [-0.1, -0.05) is 24.3 Å². The maximum atomic E-state index is 13.2. The second-order valence-electron chi connectivity index (χ2n) is 5.83. The van der Waals surface area contributed by atoms with E-state index in [0.717, 1.165) is 17.5 Å². The molecule has 1 N–H and O–H groups in total. The molecule has 0 unspecified atom stereocenters. The number of anilines is 1. The first-order valence-electron chi connectivity index (χ1n) is 8.10. The molecule has 0 aliphatic rings. The molecule has 6 heteroatoms. The number of aryl methyl sites for hydroxylation is 1. The number of carbonyl (C=O) groups is 1. The van der Waals surface area contributed by atoms with Gasteiger partial charge in [-0.2, -0.15) is 5.26 Å². The molecular formula is C20H15F2N3O. The van der Waals surface area contributed by atoms with Crippen molar-refractivity contribution >= 4 is 22.6 Å². The third kappa shape index (κ3) is 4.01. The minimum Gasteiger partial charge on any atom is -0.311 e. The fourth-order valence-corrected chi connectivity index (χ4v) is 2.69. The summed E-state index contributed by atoms with van der Waals surface area (Å²) in [6.45, 7) is 0. The number of nitriles is 1. The first-order chi connectivity index (χ1) is 12.6. The van der Waals surface area contributed by atoms with Gasteiger partial charge < -0.3 is 5.32 Å². The van der Waals surface area contributed by atoms with E-state index in [1.54, 1.807) is 12.1 Å². The van der Waals surface area contributed by atoms with Gasteiger partial charge in [-0.25, -0.2) is 13.8 Å². The van der Waals surface area contributed by atoms with Crippen molar-refractivity contribution in [2.75, 3.05) is 5.32 Å². The average molecular weight is 351 g/mol. The Bertz CT molecular complexity index is 1010. The van der Waals surface area contributed by atoms with Gasteiger partial charge in [0.15, 0.2) is 11.6 Å². The molecule has 1 heterocycles. The molecule has 0 bridgehead atoms. The summed E-state index contributed by atoms with van der Waals surface area (Å²) in [5, 5.41) is 12.7. The third-order valence-corrected chi connectivity index (χ3v) is 3.96. The lowest BCUT2D eigenvalue weighted by molar-refractivity contribution is -0.116. The van der Waals surface area contributed by atoms with Crippen molar-refractivity contribution in [1.29, 1.82) is 5.26 Å². The van der Waals surface area contributed by atoms with Crippen LogP contribution < -0.4 is 5.32 Å². The number of carbonyl (C=O) groups excluding carboxylic acids is 1. The molecule has 130 valence electrons. The largest absolute Gasteiger partial charge is 0.311 e. The van der Waals surface area contributed by atoms with Crippen molar-refractivity contribution < 1.29 is 13.6 Å². The Labute approximate surface area is 149 Å². The van der Waals surface area contributed by atoms with Crippen LogP contribution in [0.1, 0.15) is 24.0 Å². The van der Waals surface area contributed by atoms with Gasteiger partial charge in [0.05, 0.1) is 17.1 Å². The van der Waals surface area contributed by atoms with Crippen LogP contribution in [0.15, 0.2) is 48.5 Å². The second-order valence-corrected chi connectivity index (χ2v) is 5.83. The van der Waals surface area contributed by atoms with E-state index in [0.29, 0.717) is 35.3 Å². The minimum atomic E-state index is -0.892. The number of hydrogen-bond acceptors (Lipinski definition) is 3. The number of benzene rings is 2. The topological polar surface area (TPSA) is 65.8 Å². The zero-order valence-corrected chi connectivity index (χ0v) is 13.8. The molecule has 3 rings (SSSR count). The molecule has 0 aliphatic heterocycles. The zero-order valence-electron chi connectivity index (χ0n) is 13.8. The van der Waals surface area contributed by atoms with Gasteiger partial charge in [0.2, 0.25) is 5.91 Å². The van der Waals surface area contributed by atoms with Crippen molar-refractivity contribution in [3.8, 4) is 6.07 Å². The molecule has 0 saturated carbocycles. The maximum absolute atomic E-state index is 13.2. The number of amides is 1. The smallest absolute Gasteiger partial charge is 0.225 e. The van der Waals surface area contributed by atoms with Crippen molar-refractivity contribution in [3.63, 3.8) is 0 Å². The standard InChI is InChI=1S/C20H15F2N3O/c21-16-9-8-13(10-17(16)22)4-3-7-20(26)25-19-11-14(12-23)15-5-1-2-6-18(15)24-19/h1-2,5-6,8-11H,3-4,7H2,(H,24,25,26). The number of para-hydroxylation sites is 1. The van der Waals surface area contributed by atoms with Crippen molar-refractivity contribution in [2.45, 2.75) is 19.3 Å². The third-order valence-electron chi connectivity index (χ3n) is 3.96. The van der Waals surface area contributed by atoms with Crippen molar-refractivity contribution in [3.05, 3.63) is 71.3 Å². The quantitative estimate of drug-likeness (QED) is 0.743. The highest BCUT2D eigenvalue weighted by Crippen LogP contribution is 2.20. The Morgan fingerprint density at radius 1 is 1.12 bits per heavy atom. The van der Waals surface area contributed by atoms with E-state index >= 15 is 0 Å². The van der Waals surface area contributed by atoms with Gasteiger partial charge in [-0.05, 0) is 42.7 Å². The van der Waals surface area contributed by atoms with Crippen LogP contribution in [0, 0.1) is 23.0 Å². The first-order valence-corrected chi connectivity index (χ1v) is 8.10. The minimum absolute atomic E-state index is 0.204. The van der Waals surface area contributed by atoms with Gasteiger partial charge in [0.1, 0.15) is 5.82 Å². The van der Waals surface area contributed by atoms with Crippen molar-refractivity contribution in [2.24, 2.45) is 0 Å². The number of hydrogen-bond donors (Lipinski definition) is 1. The molecule has 0 aliphatic carbocycles. The molecule has 3 aromatic rings. The van der Waals surface area contributed by atoms with Crippen LogP contribution in [0.25, 0.3) is 10.9 Å². The highest BCUT2D eigenvalue weighted by Gasteiger charge is 2.09. The number of nitrogens with one attached hydrogen (secondary N) is 1. The first kappa shape index (κ1) is 17.5. The summed E-state index contributed by atoms with van der Waals surface area (Å²) in [5.41, 5.74) is 1.70. The molecule has 1 amide bonds. The van der Waals surface area contributed by atoms with Crippen LogP contribution in [-0.4, -0.2) is 10.9 Å². The number of fused-ring (bicyclic) bond motifs is 1. The van der Waals surface area contributed by atoms with Crippen LogP contribution in [0.3, 0.4) is 0 Å². The van der Waals surface area contributed by atoms with Crippen molar-refractivity contribution in [1.82, 2.24) is 4.98 Å². The fourth-order valence-electron chi connectivity index (χ4n) is 2.69. The summed E-state index contributed by atoms with van der Waals surface area (Å²) in [4.78, 5) is 16.4. The normalized spacial score (nSPS) is 10.5. The SMILES string of the molecule is N#Cc1cc(NC(=O)CCCc2ccc(F)c(F)c2)nc2ccccc12. The van der Waals surface area contributed by atoms with E-state index in [9.17, 15) is 18.8 Å².